The molecule has 8 atom stereocenters. The number of fused-ring (bicyclic) bond motifs is 5. The molecule has 3 saturated carbocycles. The van der Waals surface area contributed by atoms with Crippen molar-refractivity contribution in [3.63, 3.8) is 0 Å². The second kappa shape index (κ2) is 7.75. The molecule has 4 aliphatic rings. The van der Waals surface area contributed by atoms with Crippen molar-refractivity contribution >= 4 is 0 Å². The molecule has 4 rings (SSSR count). The van der Waals surface area contributed by atoms with Crippen LogP contribution in [0.2, 0.25) is 0 Å². The minimum atomic E-state index is -0.288. The van der Waals surface area contributed by atoms with Crippen molar-refractivity contribution in [3.05, 3.63) is 11.6 Å². The van der Waals surface area contributed by atoms with Crippen molar-refractivity contribution in [2.45, 2.75) is 111 Å². The molecule has 3 fully saturated rings. The van der Waals surface area contributed by atoms with Gasteiger partial charge >= 0.3 is 0 Å². The summed E-state index contributed by atoms with van der Waals surface area (Å²) in [6.07, 6.45) is 16.6. The third-order valence-electron chi connectivity index (χ3n) is 10.2. The average Bonchev–Trinajstić information content (AvgIpc) is 2.99. The molecular formula is C27H45O. The molecule has 159 valence electrons. The number of hydrogen-bond acceptors (Lipinski definition) is 0. The molecule has 0 saturated heterocycles. The summed E-state index contributed by atoms with van der Waals surface area (Å²) in [5, 5.41) is 12.2. The summed E-state index contributed by atoms with van der Waals surface area (Å²) in [6, 6.07) is 0. The Kier molecular flexibility index (Phi) is 5.80. The average molecular weight is 386 g/mol. The molecule has 1 nitrogen and oxygen atoms in total. The van der Waals surface area contributed by atoms with Gasteiger partial charge in [0.25, 0.3) is 0 Å². The van der Waals surface area contributed by atoms with Gasteiger partial charge in [0.05, 0.1) is 6.10 Å². The fourth-order valence-corrected chi connectivity index (χ4v) is 8.50. The zero-order valence-corrected chi connectivity index (χ0v) is 19.3. The lowest BCUT2D eigenvalue weighted by Crippen LogP contribution is -2.49. The van der Waals surface area contributed by atoms with E-state index in [0.717, 1.165) is 42.4 Å². The Morgan fingerprint density at radius 2 is 1.68 bits per heavy atom. The van der Waals surface area contributed by atoms with Gasteiger partial charge in [0, 0.05) is 0 Å². The van der Waals surface area contributed by atoms with E-state index in [9.17, 15) is 5.11 Å². The molecule has 0 N–H and O–H groups in total. The van der Waals surface area contributed by atoms with Gasteiger partial charge in [-0.1, -0.05) is 65.5 Å². The van der Waals surface area contributed by atoms with Crippen LogP contribution < -0.4 is 0 Å². The van der Waals surface area contributed by atoms with Crippen LogP contribution in [0.15, 0.2) is 11.6 Å². The first-order valence-electron chi connectivity index (χ1n) is 12.6. The van der Waals surface area contributed by atoms with Gasteiger partial charge in [-0.15, -0.1) is 0 Å². The summed E-state index contributed by atoms with van der Waals surface area (Å²) < 4.78 is 0. The van der Waals surface area contributed by atoms with Crippen LogP contribution in [-0.4, -0.2) is 6.10 Å². The highest BCUT2D eigenvalue weighted by atomic mass is 16.3. The van der Waals surface area contributed by atoms with Crippen LogP contribution in [0.5, 0.6) is 0 Å². The summed E-state index contributed by atoms with van der Waals surface area (Å²) in [4.78, 5) is 0. The Labute approximate surface area is 174 Å². The zero-order valence-electron chi connectivity index (χ0n) is 19.3. The quantitative estimate of drug-likeness (QED) is 0.430. The van der Waals surface area contributed by atoms with Crippen molar-refractivity contribution in [2.24, 2.45) is 46.3 Å². The standard InChI is InChI=1S/C27H45O/c1-18(2)7-6-8-19(3)23-11-12-24-22-10-9-20-17-21(28)13-15-26(20,4)25(22)14-16-27(23,24)5/h10,18-21,23-25H,6-9,11-17H2,1-5H3/t19-,20?,21?,23-,24+,25+,26+,27-/m1/s1. The summed E-state index contributed by atoms with van der Waals surface area (Å²) in [5.41, 5.74) is 2.82. The molecule has 0 bridgehead atoms. The van der Waals surface area contributed by atoms with Crippen LogP contribution in [0.1, 0.15) is 105 Å². The second-order valence-electron chi connectivity index (χ2n) is 12.2. The van der Waals surface area contributed by atoms with Crippen LogP contribution in [0.4, 0.5) is 0 Å². The zero-order chi connectivity index (χ0) is 20.1. The predicted molar refractivity (Wildman–Crippen MR) is 118 cm³/mol. The lowest BCUT2D eigenvalue weighted by molar-refractivity contribution is -0.0616. The molecule has 0 aliphatic heterocycles. The van der Waals surface area contributed by atoms with Crippen LogP contribution in [0, 0.1) is 46.3 Å². The van der Waals surface area contributed by atoms with Crippen molar-refractivity contribution in [3.8, 4) is 0 Å². The first kappa shape index (κ1) is 21.0. The highest BCUT2D eigenvalue weighted by Crippen LogP contribution is 2.66. The van der Waals surface area contributed by atoms with E-state index in [1.165, 1.54) is 57.8 Å². The molecule has 0 spiro atoms. The van der Waals surface area contributed by atoms with E-state index in [1.807, 2.05) is 5.57 Å². The van der Waals surface area contributed by atoms with E-state index in [-0.39, 0.29) is 6.10 Å². The maximum Gasteiger partial charge on any atom is 0.0933 e. The van der Waals surface area contributed by atoms with Crippen LogP contribution in [-0.2, 0) is 5.11 Å². The van der Waals surface area contributed by atoms with E-state index < -0.39 is 0 Å². The molecule has 1 radical (unpaired) electrons. The highest BCUT2D eigenvalue weighted by molar-refractivity contribution is 5.27. The maximum absolute atomic E-state index is 12.2. The summed E-state index contributed by atoms with van der Waals surface area (Å²) in [5.74, 6) is 4.94. The predicted octanol–water partition coefficient (Wildman–Crippen LogP) is 7.83. The summed E-state index contributed by atoms with van der Waals surface area (Å²) in [7, 11) is 0. The Morgan fingerprint density at radius 3 is 2.43 bits per heavy atom. The third kappa shape index (κ3) is 3.42. The fraction of sp³-hybridized carbons (Fsp3) is 0.926. The first-order chi connectivity index (χ1) is 13.3. The van der Waals surface area contributed by atoms with Gasteiger partial charge in [0.1, 0.15) is 0 Å². The lowest BCUT2D eigenvalue weighted by atomic mass is 9.47. The molecular weight excluding hydrogens is 340 g/mol. The fourth-order valence-electron chi connectivity index (χ4n) is 8.50. The van der Waals surface area contributed by atoms with Gasteiger partial charge in [-0.3, -0.25) is 0 Å². The molecule has 1 heteroatoms. The molecule has 0 aromatic rings. The van der Waals surface area contributed by atoms with Gasteiger partial charge < -0.3 is 0 Å². The highest BCUT2D eigenvalue weighted by Gasteiger charge is 2.58. The number of hydrogen-bond donors (Lipinski definition) is 0. The smallest absolute Gasteiger partial charge is 0.0933 e. The van der Waals surface area contributed by atoms with E-state index in [2.05, 4.69) is 40.7 Å². The Bertz CT molecular complexity index is 591. The molecule has 0 aromatic carbocycles. The van der Waals surface area contributed by atoms with Crippen molar-refractivity contribution in [1.29, 1.82) is 0 Å². The van der Waals surface area contributed by atoms with E-state index in [4.69, 9.17) is 0 Å². The van der Waals surface area contributed by atoms with Crippen LogP contribution in [0.3, 0.4) is 0 Å². The minimum absolute atomic E-state index is 0.288. The van der Waals surface area contributed by atoms with Crippen molar-refractivity contribution in [1.82, 2.24) is 0 Å². The van der Waals surface area contributed by atoms with Gasteiger partial charge in [-0.25, -0.2) is 5.11 Å². The SMILES string of the molecule is CC(C)CCC[C@@H](C)[C@H]1CC[C@H]2C3=CCC4CC([O])CC[C@]4(C)[C@H]3CC[C@]12C. The van der Waals surface area contributed by atoms with Crippen LogP contribution in [0.25, 0.3) is 0 Å². The third-order valence-corrected chi connectivity index (χ3v) is 10.2. The number of rotatable bonds is 5. The summed E-state index contributed by atoms with van der Waals surface area (Å²) in [6.45, 7) is 12.5. The molecule has 0 heterocycles. The van der Waals surface area contributed by atoms with Crippen LogP contribution >= 0.6 is 0 Å². The van der Waals surface area contributed by atoms with E-state index >= 15 is 0 Å². The van der Waals surface area contributed by atoms with Gasteiger partial charge in [-0.2, -0.15) is 0 Å². The Balaban J connectivity index is 1.50. The van der Waals surface area contributed by atoms with Crippen molar-refractivity contribution in [2.75, 3.05) is 0 Å². The normalized spacial score (nSPS) is 46.5. The first-order valence-corrected chi connectivity index (χ1v) is 12.6. The summed E-state index contributed by atoms with van der Waals surface area (Å²) >= 11 is 0. The Morgan fingerprint density at radius 1 is 0.964 bits per heavy atom. The number of allylic oxidation sites excluding steroid dienone is 2. The molecule has 4 aliphatic carbocycles. The van der Waals surface area contributed by atoms with Crippen molar-refractivity contribution < 1.29 is 5.11 Å². The topological polar surface area (TPSA) is 19.9 Å². The molecule has 0 amide bonds. The Hall–Kier alpha value is -0.300. The molecule has 2 unspecified atom stereocenters. The lowest BCUT2D eigenvalue weighted by Gasteiger charge is -2.57. The maximum atomic E-state index is 12.2. The minimum Gasteiger partial charge on any atom is -0.233 e. The van der Waals surface area contributed by atoms with Gasteiger partial charge in [0.2, 0.25) is 0 Å². The monoisotopic (exact) mass is 385 g/mol. The second-order valence-corrected chi connectivity index (χ2v) is 12.2. The van der Waals surface area contributed by atoms with Gasteiger partial charge in [0.15, 0.2) is 0 Å². The largest absolute Gasteiger partial charge is 0.233 e. The van der Waals surface area contributed by atoms with E-state index in [0.29, 0.717) is 16.7 Å². The van der Waals surface area contributed by atoms with E-state index in [1.54, 1.807) is 0 Å². The van der Waals surface area contributed by atoms with Gasteiger partial charge in [-0.05, 0) is 97.7 Å². The molecule has 0 aromatic heterocycles. The molecule has 28 heavy (non-hydrogen) atoms.